The van der Waals surface area contributed by atoms with Gasteiger partial charge in [0, 0.05) is 23.4 Å². The fraction of sp³-hybridized carbons (Fsp3) is 0.167. The van der Waals surface area contributed by atoms with Gasteiger partial charge < -0.3 is 10.6 Å². The number of anilines is 2. The minimum Gasteiger partial charge on any atom is -0.332 e. The number of nitrogens with one attached hydrogen (secondary N) is 3. The second-order valence-electron chi connectivity index (χ2n) is 5.25. The molecule has 0 aliphatic heterocycles. The lowest BCUT2D eigenvalue weighted by Crippen LogP contribution is -2.34. The van der Waals surface area contributed by atoms with Crippen molar-refractivity contribution in [3.63, 3.8) is 0 Å². The zero-order valence-corrected chi connectivity index (χ0v) is 14.4. The largest absolute Gasteiger partial charge is 0.332 e. The third-order valence-electron chi connectivity index (χ3n) is 3.29. The fourth-order valence-electron chi connectivity index (χ4n) is 1.93. The van der Waals surface area contributed by atoms with Gasteiger partial charge in [0.05, 0.1) is 0 Å². The first-order valence-corrected chi connectivity index (χ1v) is 7.97. The molecule has 0 spiro atoms. The van der Waals surface area contributed by atoms with E-state index in [1.54, 1.807) is 43.3 Å². The minimum atomic E-state index is -0.265. The smallest absolute Gasteiger partial charge is 0.257 e. The predicted molar refractivity (Wildman–Crippen MR) is 100 cm³/mol. The first-order valence-electron chi connectivity index (χ1n) is 7.57. The first-order chi connectivity index (χ1) is 11.5. The maximum atomic E-state index is 12.1. The highest BCUT2D eigenvalue weighted by molar-refractivity contribution is 7.80. The maximum absolute atomic E-state index is 12.1. The molecule has 5 nitrogen and oxygen atoms in total. The topological polar surface area (TPSA) is 70.2 Å². The Morgan fingerprint density at radius 2 is 1.46 bits per heavy atom. The minimum absolute atomic E-state index is 0.0448. The van der Waals surface area contributed by atoms with Crippen LogP contribution >= 0.6 is 12.2 Å². The van der Waals surface area contributed by atoms with Crippen LogP contribution in [0.4, 0.5) is 11.4 Å². The standard InChI is InChI=1S/C18H19N3O2S/c1-3-16(22)19-14-8-10-15(11-9-14)20-18(24)21-17(23)13-6-4-12(2)5-7-13/h4-11H,3H2,1-2H3,(H,19,22)(H2,20,21,23,24). The Balaban J connectivity index is 1.91. The van der Waals surface area contributed by atoms with Gasteiger partial charge in [0.25, 0.3) is 5.91 Å². The molecule has 0 unspecified atom stereocenters. The Morgan fingerprint density at radius 3 is 2.00 bits per heavy atom. The van der Waals surface area contributed by atoms with Crippen LogP contribution in [0, 0.1) is 6.92 Å². The van der Waals surface area contributed by atoms with Gasteiger partial charge in [0.2, 0.25) is 5.91 Å². The number of aryl methyl sites for hydroxylation is 1. The van der Waals surface area contributed by atoms with Gasteiger partial charge in [-0.2, -0.15) is 0 Å². The van der Waals surface area contributed by atoms with Crippen LogP contribution in [0.25, 0.3) is 0 Å². The van der Waals surface area contributed by atoms with Crippen LogP contribution in [-0.2, 0) is 4.79 Å². The summed E-state index contributed by atoms with van der Waals surface area (Å²) >= 11 is 5.15. The summed E-state index contributed by atoms with van der Waals surface area (Å²) in [5.74, 6) is -0.309. The van der Waals surface area contributed by atoms with E-state index in [0.29, 0.717) is 17.7 Å². The van der Waals surface area contributed by atoms with Crippen molar-refractivity contribution in [2.75, 3.05) is 10.6 Å². The van der Waals surface area contributed by atoms with Crippen LogP contribution in [0.1, 0.15) is 29.3 Å². The Morgan fingerprint density at radius 1 is 0.917 bits per heavy atom. The molecule has 3 N–H and O–H groups in total. The van der Waals surface area contributed by atoms with Gasteiger partial charge in [0.15, 0.2) is 5.11 Å². The van der Waals surface area contributed by atoms with Gasteiger partial charge >= 0.3 is 0 Å². The van der Waals surface area contributed by atoms with E-state index in [1.165, 1.54) is 0 Å². The first kappa shape index (κ1) is 17.6. The summed E-state index contributed by atoms with van der Waals surface area (Å²) in [5.41, 5.74) is 3.06. The molecule has 0 bridgehead atoms. The number of thiocarbonyl (C=S) groups is 1. The number of amides is 2. The Bertz CT molecular complexity index is 740. The third kappa shape index (κ3) is 5.17. The van der Waals surface area contributed by atoms with Crippen molar-refractivity contribution in [2.45, 2.75) is 20.3 Å². The monoisotopic (exact) mass is 341 g/mol. The van der Waals surface area contributed by atoms with E-state index >= 15 is 0 Å². The number of hydrogen-bond acceptors (Lipinski definition) is 3. The van der Waals surface area contributed by atoms with Crippen molar-refractivity contribution >= 4 is 40.5 Å². The normalized spacial score (nSPS) is 9.92. The molecular weight excluding hydrogens is 322 g/mol. The highest BCUT2D eigenvalue weighted by atomic mass is 32.1. The van der Waals surface area contributed by atoms with E-state index in [2.05, 4.69) is 16.0 Å². The number of rotatable bonds is 4. The average molecular weight is 341 g/mol. The lowest BCUT2D eigenvalue weighted by molar-refractivity contribution is -0.115. The molecule has 2 rings (SSSR count). The SMILES string of the molecule is CCC(=O)Nc1ccc(NC(=S)NC(=O)c2ccc(C)cc2)cc1. The van der Waals surface area contributed by atoms with Crippen LogP contribution in [0.15, 0.2) is 48.5 Å². The van der Waals surface area contributed by atoms with Gasteiger partial charge in [0.1, 0.15) is 0 Å². The van der Waals surface area contributed by atoms with E-state index in [1.807, 2.05) is 19.1 Å². The van der Waals surface area contributed by atoms with E-state index in [0.717, 1.165) is 11.3 Å². The second-order valence-corrected chi connectivity index (χ2v) is 5.66. The molecule has 0 aliphatic rings. The maximum Gasteiger partial charge on any atom is 0.257 e. The number of carbonyl (C=O) groups excluding carboxylic acids is 2. The summed E-state index contributed by atoms with van der Waals surface area (Å²) in [6.45, 7) is 3.75. The van der Waals surface area contributed by atoms with Crippen molar-refractivity contribution < 1.29 is 9.59 Å². The Labute approximate surface area is 146 Å². The number of benzene rings is 2. The van der Waals surface area contributed by atoms with Gasteiger partial charge in [-0.05, 0) is 55.5 Å². The zero-order valence-electron chi connectivity index (χ0n) is 13.6. The molecule has 0 radical (unpaired) electrons. The Kier molecular flexibility index (Phi) is 6.03. The summed E-state index contributed by atoms with van der Waals surface area (Å²) in [7, 11) is 0. The highest BCUT2D eigenvalue weighted by Crippen LogP contribution is 2.13. The number of carbonyl (C=O) groups is 2. The molecule has 0 saturated carbocycles. The molecule has 0 heterocycles. The van der Waals surface area contributed by atoms with Crippen LogP contribution in [0.2, 0.25) is 0 Å². The molecule has 2 aromatic carbocycles. The van der Waals surface area contributed by atoms with Gasteiger partial charge in [-0.3, -0.25) is 14.9 Å². The molecule has 24 heavy (non-hydrogen) atoms. The molecule has 0 aliphatic carbocycles. The zero-order chi connectivity index (χ0) is 17.5. The van der Waals surface area contributed by atoms with E-state index < -0.39 is 0 Å². The third-order valence-corrected chi connectivity index (χ3v) is 3.49. The quantitative estimate of drug-likeness (QED) is 0.745. The molecule has 2 aromatic rings. The van der Waals surface area contributed by atoms with Crippen LogP contribution < -0.4 is 16.0 Å². The summed E-state index contributed by atoms with van der Waals surface area (Å²) in [6.07, 6.45) is 0.426. The van der Waals surface area contributed by atoms with Crippen molar-refractivity contribution in [3.8, 4) is 0 Å². The molecule has 0 aromatic heterocycles. The highest BCUT2D eigenvalue weighted by Gasteiger charge is 2.07. The molecule has 2 amide bonds. The Hall–Kier alpha value is -2.73. The second kappa shape index (κ2) is 8.21. The van der Waals surface area contributed by atoms with Crippen LogP contribution in [-0.4, -0.2) is 16.9 Å². The summed E-state index contributed by atoms with van der Waals surface area (Å²) in [6, 6.07) is 14.3. The van der Waals surface area contributed by atoms with Gasteiger partial charge in [-0.25, -0.2) is 0 Å². The molecule has 0 atom stereocenters. The fourth-order valence-corrected chi connectivity index (χ4v) is 2.14. The van der Waals surface area contributed by atoms with E-state index in [-0.39, 0.29) is 16.9 Å². The van der Waals surface area contributed by atoms with Crippen molar-refractivity contribution in [1.82, 2.24) is 5.32 Å². The lowest BCUT2D eigenvalue weighted by Gasteiger charge is -2.10. The average Bonchev–Trinajstić information content (AvgIpc) is 2.57. The molecular formula is C18H19N3O2S. The van der Waals surface area contributed by atoms with Crippen molar-refractivity contribution in [2.24, 2.45) is 0 Å². The predicted octanol–water partition coefficient (Wildman–Crippen LogP) is 3.47. The van der Waals surface area contributed by atoms with Crippen molar-refractivity contribution in [3.05, 3.63) is 59.7 Å². The summed E-state index contributed by atoms with van der Waals surface area (Å²) < 4.78 is 0. The van der Waals surface area contributed by atoms with E-state index in [4.69, 9.17) is 12.2 Å². The summed E-state index contributed by atoms with van der Waals surface area (Å²) in [5, 5.41) is 8.54. The van der Waals surface area contributed by atoms with Gasteiger partial charge in [-0.15, -0.1) is 0 Å². The molecule has 6 heteroatoms. The number of hydrogen-bond donors (Lipinski definition) is 3. The van der Waals surface area contributed by atoms with Crippen LogP contribution in [0.3, 0.4) is 0 Å². The molecule has 0 saturated heterocycles. The van der Waals surface area contributed by atoms with Crippen molar-refractivity contribution in [1.29, 1.82) is 0 Å². The lowest BCUT2D eigenvalue weighted by atomic mass is 10.1. The molecule has 0 fully saturated rings. The van der Waals surface area contributed by atoms with E-state index in [9.17, 15) is 9.59 Å². The van der Waals surface area contributed by atoms with Gasteiger partial charge in [-0.1, -0.05) is 24.6 Å². The summed E-state index contributed by atoms with van der Waals surface area (Å²) in [4.78, 5) is 23.4. The molecule has 124 valence electrons. The van der Waals surface area contributed by atoms with Crippen LogP contribution in [0.5, 0.6) is 0 Å².